The zero-order valence-electron chi connectivity index (χ0n) is 7.83. The minimum atomic E-state index is -1.08. The van der Waals surface area contributed by atoms with Crippen LogP contribution in [0, 0.1) is 5.92 Å². The van der Waals surface area contributed by atoms with Crippen LogP contribution in [0.2, 0.25) is 0 Å². The highest BCUT2D eigenvalue weighted by Gasteiger charge is 2.23. The zero-order chi connectivity index (χ0) is 10.4. The van der Waals surface area contributed by atoms with Gasteiger partial charge in [0.1, 0.15) is 6.04 Å². The predicted molar refractivity (Wildman–Crippen MR) is 44.9 cm³/mol. The van der Waals surface area contributed by atoms with Crippen LogP contribution in [0.5, 0.6) is 0 Å². The number of aliphatic carboxylic acids is 1. The zero-order valence-corrected chi connectivity index (χ0v) is 7.83. The molecule has 3 N–H and O–H groups in total. The van der Waals surface area contributed by atoms with Gasteiger partial charge in [-0.15, -0.1) is 0 Å². The number of nitrogens with one attached hydrogen (secondary N) is 2. The molecule has 6 heteroatoms. The normalized spacial score (nSPS) is 12.3. The lowest BCUT2D eigenvalue weighted by atomic mass is 10.1. The molecule has 0 aromatic heterocycles. The van der Waals surface area contributed by atoms with Crippen molar-refractivity contribution in [2.45, 2.75) is 19.9 Å². The molecule has 0 aliphatic rings. The summed E-state index contributed by atoms with van der Waals surface area (Å²) >= 11 is 0. The number of hydrogen-bond donors (Lipinski definition) is 3. The fraction of sp³-hybridized carbons (Fsp3) is 0.714. The summed E-state index contributed by atoms with van der Waals surface area (Å²) in [7, 11) is 1.41. The highest BCUT2D eigenvalue weighted by molar-refractivity contribution is 5.79. The van der Waals surface area contributed by atoms with E-state index in [0.717, 1.165) is 0 Å². The van der Waals surface area contributed by atoms with E-state index in [1.807, 2.05) is 0 Å². The number of carboxylic acid groups (broad SMARTS) is 1. The molecule has 0 heterocycles. The Hall–Kier alpha value is -1.30. The number of rotatable bonds is 4. The van der Waals surface area contributed by atoms with Gasteiger partial charge in [-0.1, -0.05) is 13.8 Å². The molecule has 13 heavy (non-hydrogen) atoms. The largest absolute Gasteiger partial charge is 0.480 e. The molecular weight excluding hydrogens is 176 g/mol. The van der Waals surface area contributed by atoms with Gasteiger partial charge in [0, 0.05) is 7.05 Å². The molecule has 0 aromatic carbocycles. The highest BCUT2D eigenvalue weighted by Crippen LogP contribution is 2.01. The average Bonchev–Trinajstić information content (AvgIpc) is 1.99. The smallest absolute Gasteiger partial charge is 0.426 e. The van der Waals surface area contributed by atoms with E-state index < -0.39 is 18.1 Å². The van der Waals surface area contributed by atoms with Gasteiger partial charge in [0.05, 0.1) is 0 Å². The van der Waals surface area contributed by atoms with Gasteiger partial charge in [0.2, 0.25) is 0 Å². The minimum Gasteiger partial charge on any atom is -0.480 e. The first-order valence-electron chi connectivity index (χ1n) is 3.86. The number of hydrogen-bond acceptors (Lipinski definition) is 4. The van der Waals surface area contributed by atoms with Crippen LogP contribution in [-0.4, -0.2) is 30.3 Å². The Bertz CT molecular complexity index is 193. The summed E-state index contributed by atoms with van der Waals surface area (Å²) in [6.45, 7) is 3.39. The van der Waals surface area contributed by atoms with E-state index >= 15 is 0 Å². The number of carbonyl (C=O) groups excluding carboxylic acids is 1. The Morgan fingerprint density at radius 1 is 1.38 bits per heavy atom. The van der Waals surface area contributed by atoms with E-state index in [2.05, 4.69) is 15.6 Å². The summed E-state index contributed by atoms with van der Waals surface area (Å²) in [6.07, 6.45) is -0.802. The van der Waals surface area contributed by atoms with Gasteiger partial charge >= 0.3 is 12.1 Å². The van der Waals surface area contributed by atoms with Gasteiger partial charge in [0.25, 0.3) is 0 Å². The fourth-order valence-electron chi connectivity index (χ4n) is 0.763. The first-order chi connectivity index (χ1) is 5.99. The van der Waals surface area contributed by atoms with Crippen molar-refractivity contribution in [2.75, 3.05) is 7.05 Å². The van der Waals surface area contributed by atoms with E-state index in [0.29, 0.717) is 0 Å². The maximum absolute atomic E-state index is 10.8. The molecule has 0 rings (SSSR count). The molecule has 0 aliphatic carbocycles. The molecule has 0 saturated heterocycles. The van der Waals surface area contributed by atoms with E-state index in [1.165, 1.54) is 7.05 Å². The van der Waals surface area contributed by atoms with Crippen molar-refractivity contribution in [3.8, 4) is 0 Å². The van der Waals surface area contributed by atoms with Crippen LogP contribution in [0.1, 0.15) is 13.8 Å². The molecule has 0 spiro atoms. The Morgan fingerprint density at radius 3 is 2.23 bits per heavy atom. The SMILES string of the molecule is CNOC(=O)NC(C(=O)O)C(C)C. The molecule has 6 nitrogen and oxygen atoms in total. The van der Waals surface area contributed by atoms with Crippen molar-refractivity contribution in [1.82, 2.24) is 10.8 Å². The van der Waals surface area contributed by atoms with Crippen molar-refractivity contribution in [2.24, 2.45) is 5.92 Å². The second kappa shape index (κ2) is 5.36. The number of hydroxylamine groups is 1. The van der Waals surface area contributed by atoms with Crippen molar-refractivity contribution in [1.29, 1.82) is 0 Å². The van der Waals surface area contributed by atoms with Crippen molar-refractivity contribution in [3.05, 3.63) is 0 Å². The molecule has 76 valence electrons. The van der Waals surface area contributed by atoms with Crippen molar-refractivity contribution < 1.29 is 19.5 Å². The molecule has 0 fully saturated rings. The van der Waals surface area contributed by atoms with Gasteiger partial charge in [-0.05, 0) is 5.92 Å². The Balaban J connectivity index is 4.10. The Morgan fingerprint density at radius 2 is 1.92 bits per heavy atom. The third-order valence-corrected chi connectivity index (χ3v) is 1.40. The molecule has 0 aromatic rings. The van der Waals surface area contributed by atoms with E-state index in [9.17, 15) is 9.59 Å². The lowest BCUT2D eigenvalue weighted by Crippen LogP contribution is -2.45. The Kier molecular flexibility index (Phi) is 4.83. The minimum absolute atomic E-state index is 0.193. The van der Waals surface area contributed by atoms with Gasteiger partial charge in [-0.2, -0.15) is 5.48 Å². The third kappa shape index (κ3) is 4.32. The maximum Gasteiger partial charge on any atom is 0.426 e. The molecular formula is C7H14N2O4. The maximum atomic E-state index is 10.8. The highest BCUT2D eigenvalue weighted by atomic mass is 16.7. The van der Waals surface area contributed by atoms with Crippen LogP contribution in [0.25, 0.3) is 0 Å². The van der Waals surface area contributed by atoms with E-state index in [1.54, 1.807) is 13.8 Å². The third-order valence-electron chi connectivity index (χ3n) is 1.40. The summed E-state index contributed by atoms with van der Waals surface area (Å²) in [5, 5.41) is 10.9. The van der Waals surface area contributed by atoms with Crippen LogP contribution in [0.4, 0.5) is 4.79 Å². The summed E-state index contributed by atoms with van der Waals surface area (Å²) in [4.78, 5) is 25.7. The van der Waals surface area contributed by atoms with Gasteiger partial charge in [-0.25, -0.2) is 9.59 Å². The molecule has 1 unspecified atom stereocenters. The summed E-state index contributed by atoms with van der Waals surface area (Å²) < 4.78 is 0. The Labute approximate surface area is 76.2 Å². The number of carbonyl (C=O) groups is 2. The van der Waals surface area contributed by atoms with Crippen LogP contribution in [-0.2, 0) is 9.63 Å². The van der Waals surface area contributed by atoms with Gasteiger partial charge < -0.3 is 15.3 Å². The standard InChI is InChI=1S/C7H14N2O4/c1-4(2)5(6(10)11)9-7(12)13-8-3/h4-5,8H,1-3H3,(H,9,12)(H,10,11). The summed E-state index contributed by atoms with van der Waals surface area (Å²) in [6, 6.07) is -0.930. The van der Waals surface area contributed by atoms with Crippen molar-refractivity contribution in [3.63, 3.8) is 0 Å². The first kappa shape index (κ1) is 11.7. The van der Waals surface area contributed by atoms with Crippen LogP contribution < -0.4 is 10.8 Å². The van der Waals surface area contributed by atoms with Crippen LogP contribution in [0.15, 0.2) is 0 Å². The number of carboxylic acids is 1. The lowest BCUT2D eigenvalue weighted by Gasteiger charge is -2.16. The van der Waals surface area contributed by atoms with Crippen LogP contribution >= 0.6 is 0 Å². The molecule has 0 aliphatic heterocycles. The van der Waals surface area contributed by atoms with Gasteiger partial charge in [0.15, 0.2) is 0 Å². The fourth-order valence-corrected chi connectivity index (χ4v) is 0.763. The first-order valence-corrected chi connectivity index (χ1v) is 3.86. The van der Waals surface area contributed by atoms with Crippen LogP contribution in [0.3, 0.4) is 0 Å². The molecule has 0 radical (unpaired) electrons. The second-order valence-electron chi connectivity index (χ2n) is 2.80. The monoisotopic (exact) mass is 190 g/mol. The molecule has 1 amide bonds. The predicted octanol–water partition coefficient (Wildman–Crippen LogP) is -0.0438. The van der Waals surface area contributed by atoms with Gasteiger partial charge in [-0.3, -0.25) is 0 Å². The molecule has 0 saturated carbocycles. The topological polar surface area (TPSA) is 87.7 Å². The average molecular weight is 190 g/mol. The summed E-state index contributed by atoms with van der Waals surface area (Å²) in [5.41, 5.74) is 2.15. The van der Waals surface area contributed by atoms with Crippen molar-refractivity contribution >= 4 is 12.1 Å². The lowest BCUT2D eigenvalue weighted by molar-refractivity contribution is -0.140. The van der Waals surface area contributed by atoms with E-state index in [-0.39, 0.29) is 5.92 Å². The number of amides is 1. The van der Waals surface area contributed by atoms with E-state index in [4.69, 9.17) is 5.11 Å². The summed E-state index contributed by atoms with van der Waals surface area (Å²) in [5.74, 6) is -1.27. The second-order valence-corrected chi connectivity index (χ2v) is 2.80. The quantitative estimate of drug-likeness (QED) is 0.541. The molecule has 1 atom stereocenters. The molecule has 0 bridgehead atoms.